The van der Waals surface area contributed by atoms with E-state index in [-0.39, 0.29) is 9.92 Å². The lowest BCUT2D eigenvalue weighted by atomic mass is 10.3. The molecule has 0 aromatic heterocycles. The van der Waals surface area contributed by atoms with E-state index in [0.717, 1.165) is 6.26 Å². The summed E-state index contributed by atoms with van der Waals surface area (Å²) in [7, 11) is -3.32. The second-order valence-electron chi connectivity index (χ2n) is 4.15. The number of hydrogen-bond donors (Lipinski definition) is 1. The van der Waals surface area contributed by atoms with Crippen LogP contribution in [0.4, 0.5) is 5.69 Å². The molecule has 2 aromatic rings. The minimum absolute atomic E-state index is 0.119. The van der Waals surface area contributed by atoms with Gasteiger partial charge in [0, 0.05) is 17.3 Å². The van der Waals surface area contributed by atoms with Gasteiger partial charge in [-0.2, -0.15) is 0 Å². The first kappa shape index (κ1) is 15.0. The Balaban J connectivity index is 2.38. The van der Waals surface area contributed by atoms with Crippen molar-refractivity contribution in [2.24, 2.45) is 0 Å². The summed E-state index contributed by atoms with van der Waals surface area (Å²) >= 11 is 11.9. The summed E-state index contributed by atoms with van der Waals surface area (Å²) in [6.07, 6.45) is 1.11. The number of ether oxygens (including phenoxy) is 1. The van der Waals surface area contributed by atoms with Crippen LogP contribution in [0.5, 0.6) is 11.5 Å². The molecule has 0 aliphatic rings. The molecule has 0 saturated carbocycles. The second-order valence-corrected chi connectivity index (χ2v) is 7.01. The quantitative estimate of drug-likeness (QED) is 0.869. The second kappa shape index (κ2) is 5.52. The molecule has 0 aliphatic heterocycles. The van der Waals surface area contributed by atoms with Gasteiger partial charge in [-0.3, -0.25) is 0 Å². The van der Waals surface area contributed by atoms with Crippen molar-refractivity contribution in [2.75, 3.05) is 12.0 Å². The Morgan fingerprint density at radius 2 is 1.75 bits per heavy atom. The van der Waals surface area contributed by atoms with Gasteiger partial charge in [-0.1, -0.05) is 23.2 Å². The van der Waals surface area contributed by atoms with Gasteiger partial charge in [-0.25, -0.2) is 8.42 Å². The van der Waals surface area contributed by atoms with Crippen LogP contribution >= 0.6 is 23.2 Å². The minimum Gasteiger partial charge on any atom is -0.454 e. The highest BCUT2D eigenvalue weighted by Crippen LogP contribution is 2.35. The monoisotopic (exact) mass is 331 g/mol. The number of anilines is 1. The van der Waals surface area contributed by atoms with Crippen LogP contribution in [-0.4, -0.2) is 14.7 Å². The van der Waals surface area contributed by atoms with E-state index in [0.29, 0.717) is 22.2 Å². The normalized spacial score (nSPS) is 11.3. The van der Waals surface area contributed by atoms with Gasteiger partial charge in [0.1, 0.15) is 5.75 Å². The standard InChI is InChI=1S/C13H11Cl2NO3S/c1-20(17,18)9-3-5-12(10(15)7-9)19-13-6-8(14)2-4-11(13)16/h2-7H,16H2,1H3. The molecule has 2 N–H and O–H groups in total. The zero-order valence-corrected chi connectivity index (χ0v) is 12.8. The molecule has 106 valence electrons. The third kappa shape index (κ3) is 3.36. The highest BCUT2D eigenvalue weighted by atomic mass is 35.5. The van der Waals surface area contributed by atoms with Gasteiger partial charge in [-0.15, -0.1) is 0 Å². The molecule has 7 heteroatoms. The molecule has 4 nitrogen and oxygen atoms in total. The fraction of sp³-hybridized carbons (Fsp3) is 0.0769. The predicted molar refractivity (Wildman–Crippen MR) is 80.5 cm³/mol. The molecule has 0 aliphatic carbocycles. The van der Waals surface area contributed by atoms with E-state index < -0.39 is 9.84 Å². The van der Waals surface area contributed by atoms with Crippen LogP contribution in [0.25, 0.3) is 0 Å². The average Bonchev–Trinajstić information content (AvgIpc) is 2.35. The van der Waals surface area contributed by atoms with Gasteiger partial charge in [0.05, 0.1) is 15.6 Å². The molecule has 0 bridgehead atoms. The Kier molecular flexibility index (Phi) is 4.13. The number of rotatable bonds is 3. The molecular weight excluding hydrogens is 321 g/mol. The van der Waals surface area contributed by atoms with Crippen LogP contribution in [0.15, 0.2) is 41.3 Å². The van der Waals surface area contributed by atoms with Crippen molar-refractivity contribution in [1.82, 2.24) is 0 Å². The molecule has 2 rings (SSSR count). The van der Waals surface area contributed by atoms with Crippen LogP contribution in [0.1, 0.15) is 0 Å². The van der Waals surface area contributed by atoms with Crippen molar-refractivity contribution in [2.45, 2.75) is 4.90 Å². The van der Waals surface area contributed by atoms with Gasteiger partial charge in [0.2, 0.25) is 0 Å². The Labute approximate surface area is 127 Å². The fourth-order valence-electron chi connectivity index (χ4n) is 1.51. The number of benzene rings is 2. The van der Waals surface area contributed by atoms with E-state index in [2.05, 4.69) is 0 Å². The van der Waals surface area contributed by atoms with E-state index in [1.54, 1.807) is 18.2 Å². The highest BCUT2D eigenvalue weighted by molar-refractivity contribution is 7.90. The minimum atomic E-state index is -3.32. The van der Waals surface area contributed by atoms with Gasteiger partial charge >= 0.3 is 0 Å². The van der Waals surface area contributed by atoms with Crippen LogP contribution in [-0.2, 0) is 9.84 Å². The summed E-state index contributed by atoms with van der Waals surface area (Å²) < 4.78 is 28.4. The van der Waals surface area contributed by atoms with Crippen LogP contribution < -0.4 is 10.5 Å². The number of nitrogen functional groups attached to an aromatic ring is 1. The molecule has 0 atom stereocenters. The van der Waals surface area contributed by atoms with E-state index in [9.17, 15) is 8.42 Å². The molecule has 0 radical (unpaired) electrons. The molecule has 0 fully saturated rings. The van der Waals surface area contributed by atoms with Gasteiger partial charge in [-0.05, 0) is 30.3 Å². The zero-order chi connectivity index (χ0) is 14.9. The SMILES string of the molecule is CS(=O)(=O)c1ccc(Oc2cc(Cl)ccc2N)c(Cl)c1. The van der Waals surface area contributed by atoms with Crippen LogP contribution in [0.2, 0.25) is 10.0 Å². The highest BCUT2D eigenvalue weighted by Gasteiger charge is 2.12. The molecule has 2 aromatic carbocycles. The number of hydrogen-bond acceptors (Lipinski definition) is 4. The molecule has 0 spiro atoms. The molecule has 20 heavy (non-hydrogen) atoms. The first-order chi connectivity index (χ1) is 9.27. The van der Waals surface area contributed by atoms with E-state index in [1.165, 1.54) is 18.2 Å². The number of nitrogens with two attached hydrogens (primary N) is 1. The molecule has 0 heterocycles. The molecule has 0 saturated heterocycles. The Hall–Kier alpha value is -1.43. The Morgan fingerprint density at radius 1 is 1.05 bits per heavy atom. The van der Waals surface area contributed by atoms with Crippen molar-refractivity contribution >= 4 is 38.7 Å². The maximum absolute atomic E-state index is 11.4. The summed E-state index contributed by atoms with van der Waals surface area (Å²) in [6.45, 7) is 0. The third-order valence-corrected chi connectivity index (χ3v) is 4.17. The van der Waals surface area contributed by atoms with Gasteiger partial charge < -0.3 is 10.5 Å². The number of halogens is 2. The maximum Gasteiger partial charge on any atom is 0.175 e. The predicted octanol–water partition coefficient (Wildman–Crippen LogP) is 3.77. The smallest absolute Gasteiger partial charge is 0.175 e. The lowest BCUT2D eigenvalue weighted by molar-refractivity contribution is 0.485. The Morgan fingerprint density at radius 3 is 2.35 bits per heavy atom. The fourth-order valence-corrected chi connectivity index (χ4v) is 2.60. The average molecular weight is 332 g/mol. The van der Waals surface area contributed by atoms with Gasteiger partial charge in [0.25, 0.3) is 0 Å². The summed E-state index contributed by atoms with van der Waals surface area (Å²) in [4.78, 5) is 0.119. The summed E-state index contributed by atoms with van der Waals surface area (Å²) in [6, 6.07) is 9.01. The lowest BCUT2D eigenvalue weighted by Gasteiger charge is -2.11. The first-order valence-electron chi connectivity index (χ1n) is 5.50. The summed E-state index contributed by atoms with van der Waals surface area (Å²) in [5.74, 6) is 0.652. The van der Waals surface area contributed by atoms with Crippen molar-refractivity contribution in [3.05, 3.63) is 46.4 Å². The van der Waals surface area contributed by atoms with Crippen molar-refractivity contribution in [1.29, 1.82) is 0 Å². The number of sulfone groups is 1. The van der Waals surface area contributed by atoms with Gasteiger partial charge in [0.15, 0.2) is 15.6 Å². The lowest BCUT2D eigenvalue weighted by Crippen LogP contribution is -1.98. The van der Waals surface area contributed by atoms with Crippen LogP contribution in [0, 0.1) is 0 Å². The molecule has 0 unspecified atom stereocenters. The first-order valence-corrected chi connectivity index (χ1v) is 8.14. The topological polar surface area (TPSA) is 69.4 Å². The third-order valence-electron chi connectivity index (χ3n) is 2.53. The van der Waals surface area contributed by atoms with Crippen molar-refractivity contribution in [3.63, 3.8) is 0 Å². The zero-order valence-electron chi connectivity index (χ0n) is 10.4. The summed E-state index contributed by atoms with van der Waals surface area (Å²) in [5.41, 5.74) is 6.16. The van der Waals surface area contributed by atoms with E-state index in [4.69, 9.17) is 33.7 Å². The van der Waals surface area contributed by atoms with E-state index >= 15 is 0 Å². The van der Waals surface area contributed by atoms with Crippen molar-refractivity contribution in [3.8, 4) is 11.5 Å². The largest absolute Gasteiger partial charge is 0.454 e. The van der Waals surface area contributed by atoms with Crippen molar-refractivity contribution < 1.29 is 13.2 Å². The summed E-state index contributed by atoms with van der Waals surface area (Å²) in [5, 5.41) is 0.644. The molecular formula is C13H11Cl2NO3S. The molecule has 0 amide bonds. The van der Waals surface area contributed by atoms with Crippen LogP contribution in [0.3, 0.4) is 0 Å². The Bertz CT molecular complexity index is 760. The van der Waals surface area contributed by atoms with E-state index in [1.807, 2.05) is 0 Å². The maximum atomic E-state index is 11.4.